The zero-order valence-electron chi connectivity index (χ0n) is 10.8. The number of nitrogens with zero attached hydrogens (tertiary/aromatic N) is 3. The molecular weight excluding hydrogens is 290 g/mol. The highest BCUT2D eigenvalue weighted by molar-refractivity contribution is 7.98. The Morgan fingerprint density at radius 2 is 2.21 bits per heavy atom. The van der Waals surface area contributed by atoms with Gasteiger partial charge in [-0.2, -0.15) is 0 Å². The number of hydrogen-bond acceptors (Lipinski definition) is 6. The fraction of sp³-hybridized carbons (Fsp3) is 0.455. The molecule has 6 nitrogen and oxygen atoms in total. The normalized spacial score (nSPS) is 10.1. The first kappa shape index (κ1) is 15.7. The van der Waals surface area contributed by atoms with Crippen LogP contribution in [0.4, 0.5) is 0 Å². The summed E-state index contributed by atoms with van der Waals surface area (Å²) < 4.78 is 4.77. The van der Waals surface area contributed by atoms with Crippen molar-refractivity contribution in [2.75, 3.05) is 26.5 Å². The number of amides is 1. The molecule has 0 unspecified atom stereocenters. The summed E-state index contributed by atoms with van der Waals surface area (Å²) >= 11 is 7.19. The molecule has 0 spiro atoms. The van der Waals surface area contributed by atoms with Gasteiger partial charge < -0.3 is 9.64 Å². The van der Waals surface area contributed by atoms with Gasteiger partial charge in [0.15, 0.2) is 10.9 Å². The minimum Gasteiger partial charge on any atom is -0.465 e. The molecule has 104 valence electrons. The predicted octanol–water partition coefficient (Wildman–Crippen LogP) is 1.49. The van der Waals surface area contributed by atoms with Crippen LogP contribution in [0.15, 0.2) is 11.4 Å². The molecule has 0 radical (unpaired) electrons. The highest BCUT2D eigenvalue weighted by Crippen LogP contribution is 2.17. The molecule has 0 aliphatic rings. The van der Waals surface area contributed by atoms with Crippen LogP contribution in [0.2, 0.25) is 5.02 Å². The van der Waals surface area contributed by atoms with Crippen LogP contribution in [-0.2, 0) is 9.53 Å². The summed E-state index contributed by atoms with van der Waals surface area (Å²) in [6.07, 6.45) is 3.16. The van der Waals surface area contributed by atoms with Crippen molar-refractivity contribution in [3.63, 3.8) is 0 Å². The van der Waals surface area contributed by atoms with E-state index in [4.69, 9.17) is 16.3 Å². The molecule has 0 aliphatic carbocycles. The van der Waals surface area contributed by atoms with Gasteiger partial charge in [0.2, 0.25) is 0 Å². The Morgan fingerprint density at radius 1 is 1.53 bits per heavy atom. The smallest absolute Gasteiger partial charge is 0.325 e. The molecule has 0 fully saturated rings. The van der Waals surface area contributed by atoms with E-state index in [0.29, 0.717) is 5.16 Å². The minimum atomic E-state index is -0.478. The standard InChI is InChI=1S/C11H14ClN3O3S/c1-4-18-8(16)6-15(2)10(17)9-7(12)5-13-11(14-9)19-3/h5H,4,6H2,1-3H3. The lowest BCUT2D eigenvalue weighted by molar-refractivity contribution is -0.143. The SMILES string of the molecule is CCOC(=O)CN(C)C(=O)c1nc(SC)ncc1Cl. The van der Waals surface area contributed by atoms with Crippen molar-refractivity contribution < 1.29 is 14.3 Å². The predicted molar refractivity (Wildman–Crippen MR) is 72.4 cm³/mol. The second-order valence-electron chi connectivity index (χ2n) is 3.52. The number of aromatic nitrogens is 2. The van der Waals surface area contributed by atoms with Gasteiger partial charge in [0, 0.05) is 7.05 Å². The van der Waals surface area contributed by atoms with E-state index in [9.17, 15) is 9.59 Å². The average molecular weight is 304 g/mol. The highest BCUT2D eigenvalue weighted by Gasteiger charge is 2.20. The lowest BCUT2D eigenvalue weighted by atomic mass is 10.3. The van der Waals surface area contributed by atoms with Gasteiger partial charge in [-0.25, -0.2) is 9.97 Å². The molecule has 1 amide bonds. The van der Waals surface area contributed by atoms with Gasteiger partial charge in [-0.05, 0) is 13.2 Å². The third-order valence-electron chi connectivity index (χ3n) is 2.13. The molecule has 0 aromatic carbocycles. The van der Waals surface area contributed by atoms with Crippen LogP contribution in [0, 0.1) is 0 Å². The minimum absolute atomic E-state index is 0.0767. The van der Waals surface area contributed by atoms with Gasteiger partial charge in [0.05, 0.1) is 17.8 Å². The lowest BCUT2D eigenvalue weighted by Gasteiger charge is -2.16. The number of carbonyl (C=O) groups is 2. The largest absolute Gasteiger partial charge is 0.465 e. The van der Waals surface area contributed by atoms with Gasteiger partial charge in [-0.3, -0.25) is 9.59 Å². The first-order chi connectivity index (χ1) is 8.99. The summed E-state index contributed by atoms with van der Waals surface area (Å²) in [6, 6.07) is 0. The van der Waals surface area contributed by atoms with Crippen molar-refractivity contribution in [3.05, 3.63) is 16.9 Å². The van der Waals surface area contributed by atoms with E-state index in [1.165, 1.54) is 29.9 Å². The number of ether oxygens (including phenoxy) is 1. The molecular formula is C11H14ClN3O3S. The third-order valence-corrected chi connectivity index (χ3v) is 2.96. The summed E-state index contributed by atoms with van der Waals surface area (Å²) in [6.45, 7) is 1.82. The number of likely N-dealkylation sites (N-methyl/N-ethyl adjacent to an activating group) is 1. The number of hydrogen-bond donors (Lipinski definition) is 0. The van der Waals surface area contributed by atoms with Crippen molar-refractivity contribution in [3.8, 4) is 0 Å². The van der Waals surface area contributed by atoms with Crippen LogP contribution in [0.5, 0.6) is 0 Å². The molecule has 1 aromatic heterocycles. The third kappa shape index (κ3) is 4.36. The Kier molecular flexibility index (Phi) is 6.04. The van der Waals surface area contributed by atoms with E-state index < -0.39 is 11.9 Å². The quantitative estimate of drug-likeness (QED) is 0.466. The van der Waals surface area contributed by atoms with Crippen molar-refractivity contribution in [2.45, 2.75) is 12.1 Å². The van der Waals surface area contributed by atoms with Crippen LogP contribution in [0.3, 0.4) is 0 Å². The number of halogens is 1. The Hall–Kier alpha value is -1.34. The van der Waals surface area contributed by atoms with Crippen LogP contribution < -0.4 is 0 Å². The Bertz CT molecular complexity index is 484. The molecule has 19 heavy (non-hydrogen) atoms. The summed E-state index contributed by atoms with van der Waals surface area (Å²) in [5.74, 6) is -0.927. The molecule has 0 atom stereocenters. The number of esters is 1. The molecule has 0 saturated carbocycles. The van der Waals surface area contributed by atoms with Crippen LogP contribution >= 0.6 is 23.4 Å². The highest BCUT2D eigenvalue weighted by atomic mass is 35.5. The van der Waals surface area contributed by atoms with Crippen molar-refractivity contribution >= 4 is 35.2 Å². The molecule has 1 heterocycles. The maximum absolute atomic E-state index is 12.1. The maximum atomic E-state index is 12.1. The Labute approximate surface area is 120 Å². The summed E-state index contributed by atoms with van der Waals surface area (Å²) in [4.78, 5) is 32.6. The second kappa shape index (κ2) is 7.30. The lowest BCUT2D eigenvalue weighted by Crippen LogP contribution is -2.33. The summed E-state index contributed by atoms with van der Waals surface area (Å²) in [7, 11) is 1.48. The van der Waals surface area contributed by atoms with Gasteiger partial charge in [0.1, 0.15) is 6.54 Å². The summed E-state index contributed by atoms with van der Waals surface area (Å²) in [5, 5.41) is 0.593. The Balaban J connectivity index is 2.84. The van der Waals surface area contributed by atoms with E-state index in [1.807, 2.05) is 0 Å². The van der Waals surface area contributed by atoms with Gasteiger partial charge in [0.25, 0.3) is 5.91 Å². The maximum Gasteiger partial charge on any atom is 0.325 e. The van der Waals surface area contributed by atoms with Crippen LogP contribution in [-0.4, -0.2) is 53.2 Å². The van der Waals surface area contributed by atoms with E-state index in [0.717, 1.165) is 0 Å². The molecule has 0 bridgehead atoms. The van der Waals surface area contributed by atoms with Gasteiger partial charge >= 0.3 is 5.97 Å². The molecule has 0 N–H and O–H groups in total. The first-order valence-corrected chi connectivity index (χ1v) is 7.07. The van der Waals surface area contributed by atoms with Crippen LogP contribution in [0.25, 0.3) is 0 Å². The molecule has 1 rings (SSSR count). The van der Waals surface area contributed by atoms with E-state index in [1.54, 1.807) is 13.2 Å². The monoisotopic (exact) mass is 303 g/mol. The van der Waals surface area contributed by atoms with E-state index >= 15 is 0 Å². The zero-order chi connectivity index (χ0) is 14.4. The molecule has 8 heteroatoms. The number of carbonyl (C=O) groups excluding carboxylic acids is 2. The van der Waals surface area contributed by atoms with Crippen molar-refractivity contribution in [1.82, 2.24) is 14.9 Å². The van der Waals surface area contributed by atoms with Gasteiger partial charge in [-0.15, -0.1) is 0 Å². The fourth-order valence-corrected chi connectivity index (χ4v) is 1.76. The number of thioether (sulfide) groups is 1. The molecule has 1 aromatic rings. The first-order valence-electron chi connectivity index (χ1n) is 5.47. The summed E-state index contributed by atoms with van der Waals surface area (Å²) in [5.41, 5.74) is 0.0767. The second-order valence-corrected chi connectivity index (χ2v) is 4.70. The van der Waals surface area contributed by atoms with Gasteiger partial charge in [-0.1, -0.05) is 23.4 Å². The molecule has 0 saturated heterocycles. The average Bonchev–Trinajstić information content (AvgIpc) is 2.38. The number of rotatable bonds is 5. The Morgan fingerprint density at radius 3 is 2.79 bits per heavy atom. The topological polar surface area (TPSA) is 72.4 Å². The van der Waals surface area contributed by atoms with E-state index in [-0.39, 0.29) is 23.9 Å². The van der Waals surface area contributed by atoms with Crippen LogP contribution in [0.1, 0.15) is 17.4 Å². The molecule has 0 aliphatic heterocycles. The van der Waals surface area contributed by atoms with Crippen molar-refractivity contribution in [2.24, 2.45) is 0 Å². The van der Waals surface area contributed by atoms with Crippen molar-refractivity contribution in [1.29, 1.82) is 0 Å². The van der Waals surface area contributed by atoms with E-state index in [2.05, 4.69) is 9.97 Å². The fourth-order valence-electron chi connectivity index (χ4n) is 1.25. The zero-order valence-corrected chi connectivity index (χ0v) is 12.4.